The van der Waals surface area contributed by atoms with E-state index in [1.165, 1.54) is 22.8 Å². The van der Waals surface area contributed by atoms with Crippen molar-refractivity contribution in [3.05, 3.63) is 63.7 Å². The zero-order valence-electron chi connectivity index (χ0n) is 13.6. The van der Waals surface area contributed by atoms with Gasteiger partial charge in [-0.25, -0.2) is 13.8 Å². The average molecular weight is 314 g/mol. The molecule has 0 atom stereocenters. The highest BCUT2D eigenvalue weighted by Crippen LogP contribution is 2.27. The Balaban J connectivity index is 2.11. The molecule has 1 aliphatic heterocycles. The van der Waals surface area contributed by atoms with Gasteiger partial charge in [0.2, 0.25) is 0 Å². The zero-order valence-corrected chi connectivity index (χ0v) is 13.6. The lowest BCUT2D eigenvalue weighted by molar-refractivity contribution is 0.572. The van der Waals surface area contributed by atoms with E-state index in [0.29, 0.717) is 30.1 Å². The van der Waals surface area contributed by atoms with E-state index < -0.39 is 11.6 Å². The largest absolute Gasteiger partial charge is 0.369 e. The molecule has 0 fully saturated rings. The van der Waals surface area contributed by atoms with Crippen molar-refractivity contribution in [2.45, 2.75) is 33.6 Å². The van der Waals surface area contributed by atoms with Crippen molar-refractivity contribution in [3.8, 4) is 0 Å². The number of nitrogens with zero attached hydrogens (tertiary/aromatic N) is 1. The molecule has 2 aromatic rings. The molecule has 1 aliphatic rings. The number of aryl methyl sites for hydroxylation is 2. The van der Waals surface area contributed by atoms with E-state index in [-0.39, 0.29) is 0 Å². The van der Waals surface area contributed by atoms with Gasteiger partial charge in [-0.1, -0.05) is 6.92 Å². The second-order valence-electron chi connectivity index (χ2n) is 5.96. The number of hydrogen-bond acceptors (Lipinski definition) is 2. The third kappa shape index (κ3) is 2.98. The molecule has 120 valence electrons. The van der Waals surface area contributed by atoms with Crippen molar-refractivity contribution in [1.82, 2.24) is 5.32 Å². The molecule has 0 bridgehead atoms. The molecule has 2 nitrogen and oxygen atoms in total. The predicted octanol–water partition coefficient (Wildman–Crippen LogP) is 4.37. The summed E-state index contributed by atoms with van der Waals surface area (Å²) in [4.78, 5) is 4.49. The lowest BCUT2D eigenvalue weighted by Crippen LogP contribution is -2.25. The Labute approximate surface area is 135 Å². The number of benzene rings is 2. The third-order valence-electron chi connectivity index (χ3n) is 4.36. The minimum absolute atomic E-state index is 0.373. The van der Waals surface area contributed by atoms with Gasteiger partial charge >= 0.3 is 0 Å². The minimum atomic E-state index is -0.597. The smallest absolute Gasteiger partial charge is 0.133 e. The summed E-state index contributed by atoms with van der Waals surface area (Å²) in [6.07, 6.45) is 1.47. The predicted molar refractivity (Wildman–Crippen MR) is 89.6 cm³/mol. The van der Waals surface area contributed by atoms with Crippen LogP contribution in [0.3, 0.4) is 0 Å². The van der Waals surface area contributed by atoms with Gasteiger partial charge in [0, 0.05) is 29.8 Å². The number of hydrogen-bond donors (Lipinski definition) is 1. The van der Waals surface area contributed by atoms with Crippen LogP contribution in [-0.2, 0) is 12.8 Å². The first-order chi connectivity index (χ1) is 11.0. The topological polar surface area (TPSA) is 24.4 Å². The van der Waals surface area contributed by atoms with E-state index in [2.05, 4.69) is 43.2 Å². The molecule has 1 heterocycles. The molecule has 0 radical (unpaired) electrons. The molecule has 23 heavy (non-hydrogen) atoms. The van der Waals surface area contributed by atoms with Crippen molar-refractivity contribution in [2.75, 3.05) is 6.54 Å². The van der Waals surface area contributed by atoms with Crippen molar-refractivity contribution in [2.24, 2.45) is 4.99 Å². The van der Waals surface area contributed by atoms with E-state index in [4.69, 9.17) is 0 Å². The molecule has 0 saturated carbocycles. The number of halogens is 2. The lowest BCUT2D eigenvalue weighted by atomic mass is 9.97. The Kier molecular flexibility index (Phi) is 4.16. The number of aliphatic imine (C=N–C) groups is 1. The van der Waals surface area contributed by atoms with Crippen LogP contribution in [0.25, 0.3) is 0 Å². The first-order valence-electron chi connectivity index (χ1n) is 7.90. The Morgan fingerprint density at radius 2 is 1.78 bits per heavy atom. The normalized spacial score (nSPS) is 13.9. The van der Waals surface area contributed by atoms with Crippen molar-refractivity contribution in [1.29, 1.82) is 0 Å². The summed E-state index contributed by atoms with van der Waals surface area (Å²) in [5.74, 6) is -0.456. The number of nitrogens with one attached hydrogen (secondary N) is 1. The number of fused-ring (bicyclic) bond motifs is 1. The second kappa shape index (κ2) is 6.11. The molecule has 0 spiro atoms. The molecular formula is C19H20F2N2. The van der Waals surface area contributed by atoms with Gasteiger partial charge in [0.25, 0.3) is 0 Å². The Hall–Kier alpha value is -2.23. The number of rotatable bonds is 2. The minimum Gasteiger partial charge on any atom is -0.369 e. The molecule has 0 unspecified atom stereocenters. The molecule has 0 aliphatic carbocycles. The van der Waals surface area contributed by atoms with Crippen LogP contribution >= 0.6 is 0 Å². The highest BCUT2D eigenvalue weighted by Gasteiger charge is 2.17. The maximum Gasteiger partial charge on any atom is 0.133 e. The van der Waals surface area contributed by atoms with Crippen LogP contribution in [0.2, 0.25) is 0 Å². The molecule has 1 N–H and O–H groups in total. The average Bonchev–Trinajstić information content (AvgIpc) is 2.69. The summed E-state index contributed by atoms with van der Waals surface area (Å²) in [5.41, 5.74) is 5.55. The van der Waals surface area contributed by atoms with E-state index in [1.54, 1.807) is 0 Å². The fraction of sp³-hybridized carbons (Fsp3) is 0.316. The molecule has 0 saturated heterocycles. The van der Waals surface area contributed by atoms with E-state index in [9.17, 15) is 8.78 Å². The van der Waals surface area contributed by atoms with Gasteiger partial charge in [0.05, 0.1) is 5.69 Å². The Morgan fingerprint density at radius 3 is 2.43 bits per heavy atom. The fourth-order valence-electron chi connectivity index (χ4n) is 3.26. The molecule has 0 amide bonds. The van der Waals surface area contributed by atoms with Gasteiger partial charge in [0.1, 0.15) is 17.5 Å². The van der Waals surface area contributed by atoms with Crippen molar-refractivity contribution < 1.29 is 8.78 Å². The molecular weight excluding hydrogens is 294 g/mol. The van der Waals surface area contributed by atoms with Gasteiger partial charge in [0.15, 0.2) is 0 Å². The summed E-state index contributed by atoms with van der Waals surface area (Å²) < 4.78 is 27.4. The Bertz CT molecular complexity index is 771. The van der Waals surface area contributed by atoms with Gasteiger partial charge < -0.3 is 5.32 Å². The lowest BCUT2D eigenvalue weighted by Gasteiger charge is -2.13. The van der Waals surface area contributed by atoms with E-state index in [1.807, 2.05) is 0 Å². The van der Waals surface area contributed by atoms with Crippen LogP contribution in [-0.4, -0.2) is 12.4 Å². The SMILES string of the molecule is CCc1c(C)cc(C2=Nc3cc(F)cc(F)c3CCN2)cc1C. The molecule has 0 aromatic heterocycles. The van der Waals surface area contributed by atoms with Crippen LogP contribution in [0.5, 0.6) is 0 Å². The highest BCUT2D eigenvalue weighted by atomic mass is 19.1. The first kappa shape index (κ1) is 15.7. The standard InChI is InChI=1S/C19H20F2N2/c1-4-15-11(2)7-13(8-12(15)3)19-22-6-5-16-17(21)9-14(20)10-18(16)23-19/h7-10H,4-6H2,1-3H3,(H,22,23). The summed E-state index contributed by atoms with van der Waals surface area (Å²) in [6, 6.07) is 6.38. The van der Waals surface area contributed by atoms with Crippen LogP contribution in [0.1, 0.15) is 34.7 Å². The van der Waals surface area contributed by atoms with E-state index in [0.717, 1.165) is 18.1 Å². The zero-order chi connectivity index (χ0) is 16.6. The van der Waals surface area contributed by atoms with Crippen LogP contribution in [0, 0.1) is 25.5 Å². The second-order valence-corrected chi connectivity index (χ2v) is 5.96. The van der Waals surface area contributed by atoms with Gasteiger partial charge in [-0.3, -0.25) is 0 Å². The van der Waals surface area contributed by atoms with Gasteiger partial charge in [-0.15, -0.1) is 0 Å². The van der Waals surface area contributed by atoms with Crippen LogP contribution < -0.4 is 5.32 Å². The third-order valence-corrected chi connectivity index (χ3v) is 4.36. The summed E-state index contributed by atoms with van der Waals surface area (Å²) in [5, 5.41) is 3.24. The van der Waals surface area contributed by atoms with Gasteiger partial charge in [-0.2, -0.15) is 0 Å². The summed E-state index contributed by atoms with van der Waals surface area (Å²) in [7, 11) is 0. The number of amidine groups is 1. The van der Waals surface area contributed by atoms with Crippen molar-refractivity contribution >= 4 is 11.5 Å². The monoisotopic (exact) mass is 314 g/mol. The van der Waals surface area contributed by atoms with E-state index >= 15 is 0 Å². The summed E-state index contributed by atoms with van der Waals surface area (Å²) >= 11 is 0. The molecule has 3 rings (SSSR count). The first-order valence-corrected chi connectivity index (χ1v) is 7.90. The van der Waals surface area contributed by atoms with Crippen LogP contribution in [0.4, 0.5) is 14.5 Å². The van der Waals surface area contributed by atoms with Crippen LogP contribution in [0.15, 0.2) is 29.3 Å². The maximum atomic E-state index is 13.9. The van der Waals surface area contributed by atoms with Crippen molar-refractivity contribution in [3.63, 3.8) is 0 Å². The fourth-order valence-corrected chi connectivity index (χ4v) is 3.26. The maximum absolute atomic E-state index is 13.9. The molecule has 2 aromatic carbocycles. The summed E-state index contributed by atoms with van der Waals surface area (Å²) in [6.45, 7) is 6.87. The molecule has 4 heteroatoms. The Morgan fingerprint density at radius 1 is 1.09 bits per heavy atom. The highest BCUT2D eigenvalue weighted by molar-refractivity contribution is 6.01. The van der Waals surface area contributed by atoms with Gasteiger partial charge in [-0.05, 0) is 55.5 Å². The quantitative estimate of drug-likeness (QED) is 0.874.